The van der Waals surface area contributed by atoms with Crippen LogP contribution in [0.2, 0.25) is 0 Å². The summed E-state index contributed by atoms with van der Waals surface area (Å²) in [5.41, 5.74) is 5.38. The largest absolute Gasteiger partial charge is 0.472 e. The fraction of sp³-hybridized carbons (Fsp3) is 0.891. The fourth-order valence-electron chi connectivity index (χ4n) is 8.16. The van der Waals surface area contributed by atoms with E-state index in [9.17, 15) is 19.0 Å². The van der Waals surface area contributed by atoms with Crippen molar-refractivity contribution in [1.29, 1.82) is 0 Å². The maximum Gasteiger partial charge on any atom is 0.472 e. The molecule has 384 valence electrons. The lowest BCUT2D eigenvalue weighted by molar-refractivity contribution is -0.161. The van der Waals surface area contributed by atoms with Gasteiger partial charge in [-0.1, -0.05) is 231 Å². The van der Waals surface area contributed by atoms with Gasteiger partial charge in [-0.2, -0.15) is 0 Å². The lowest BCUT2D eigenvalue weighted by Crippen LogP contribution is -2.29. The zero-order chi connectivity index (χ0) is 47.4. The highest BCUT2D eigenvalue weighted by molar-refractivity contribution is 7.47. The van der Waals surface area contributed by atoms with E-state index in [2.05, 4.69) is 38.2 Å². The van der Waals surface area contributed by atoms with Gasteiger partial charge >= 0.3 is 19.8 Å². The molecule has 0 bridgehead atoms. The molecule has 0 aliphatic heterocycles. The molecule has 65 heavy (non-hydrogen) atoms. The first-order valence-corrected chi connectivity index (χ1v) is 29.3. The summed E-state index contributed by atoms with van der Waals surface area (Å²) < 4.78 is 33.0. The third-order valence-electron chi connectivity index (χ3n) is 12.3. The molecule has 0 fully saturated rings. The maximum atomic E-state index is 12.7. The normalized spacial score (nSPS) is 13.2. The fourth-order valence-corrected chi connectivity index (χ4v) is 8.92. The average molecular weight is 940 g/mol. The second-order valence-corrected chi connectivity index (χ2v) is 20.3. The Labute approximate surface area is 402 Å². The smallest absolute Gasteiger partial charge is 0.462 e. The molecule has 0 aliphatic carbocycles. The molecule has 0 spiro atoms. The van der Waals surface area contributed by atoms with Crippen LogP contribution in [-0.4, -0.2) is 49.3 Å². The Bertz CT molecular complexity index is 1120. The van der Waals surface area contributed by atoms with Crippen molar-refractivity contribution >= 4 is 19.8 Å². The van der Waals surface area contributed by atoms with Gasteiger partial charge in [0.25, 0.3) is 0 Å². The molecule has 2 atom stereocenters. The molecule has 2 unspecified atom stereocenters. The van der Waals surface area contributed by atoms with Gasteiger partial charge in [0.15, 0.2) is 6.10 Å². The van der Waals surface area contributed by atoms with Gasteiger partial charge in [-0.25, -0.2) is 4.57 Å². The summed E-state index contributed by atoms with van der Waals surface area (Å²) in [5.74, 6) is -0.817. The van der Waals surface area contributed by atoms with E-state index in [-0.39, 0.29) is 38.6 Å². The van der Waals surface area contributed by atoms with Crippen LogP contribution in [0.15, 0.2) is 24.3 Å². The topological polar surface area (TPSA) is 134 Å². The van der Waals surface area contributed by atoms with Crippen molar-refractivity contribution in [2.45, 2.75) is 290 Å². The quantitative estimate of drug-likeness (QED) is 0.0264. The molecule has 0 amide bonds. The third kappa shape index (κ3) is 51.7. The van der Waals surface area contributed by atoms with Crippen molar-refractivity contribution in [3.8, 4) is 0 Å². The molecule has 3 N–H and O–H groups in total. The highest BCUT2D eigenvalue weighted by Gasteiger charge is 2.26. The SMILES string of the molecule is CCCCCCCCCC/C=C\CCCCCCCCCCCCCC(=O)OC(COC(=O)CCCCCCCCCCC/C=C\CCCCCCCCCC)COP(=O)(O)OCCN. The van der Waals surface area contributed by atoms with E-state index < -0.39 is 26.5 Å². The van der Waals surface area contributed by atoms with Crippen molar-refractivity contribution in [3.63, 3.8) is 0 Å². The summed E-state index contributed by atoms with van der Waals surface area (Å²) >= 11 is 0. The number of hydrogen-bond acceptors (Lipinski definition) is 8. The van der Waals surface area contributed by atoms with Gasteiger partial charge in [-0.15, -0.1) is 0 Å². The molecule has 0 saturated carbocycles. The van der Waals surface area contributed by atoms with Gasteiger partial charge < -0.3 is 20.1 Å². The van der Waals surface area contributed by atoms with Crippen molar-refractivity contribution in [2.75, 3.05) is 26.4 Å². The molecule has 0 heterocycles. The van der Waals surface area contributed by atoms with Crippen LogP contribution < -0.4 is 5.73 Å². The Balaban J connectivity index is 3.98. The van der Waals surface area contributed by atoms with E-state index in [4.69, 9.17) is 24.3 Å². The van der Waals surface area contributed by atoms with Gasteiger partial charge in [-0.05, 0) is 64.2 Å². The number of allylic oxidation sites excluding steroid dienone is 4. The van der Waals surface area contributed by atoms with Crippen LogP contribution in [0, 0.1) is 0 Å². The Morgan fingerprint density at radius 3 is 1.09 bits per heavy atom. The summed E-state index contributed by atoms with van der Waals surface area (Å²) in [6.45, 7) is 3.79. The first-order chi connectivity index (χ1) is 31.8. The van der Waals surface area contributed by atoms with Crippen LogP contribution in [0.4, 0.5) is 0 Å². The van der Waals surface area contributed by atoms with E-state index in [1.54, 1.807) is 0 Å². The number of hydrogen-bond donors (Lipinski definition) is 2. The number of unbranched alkanes of at least 4 members (excludes halogenated alkanes) is 36. The Morgan fingerprint density at radius 1 is 0.446 bits per heavy atom. The number of ether oxygens (including phenoxy) is 2. The molecule has 10 heteroatoms. The summed E-state index contributed by atoms with van der Waals surface area (Å²) in [5, 5.41) is 0. The second-order valence-electron chi connectivity index (χ2n) is 18.8. The minimum absolute atomic E-state index is 0.0548. The summed E-state index contributed by atoms with van der Waals surface area (Å²) in [4.78, 5) is 35.1. The molecule has 0 saturated heterocycles. The van der Waals surface area contributed by atoms with Crippen molar-refractivity contribution in [2.24, 2.45) is 5.73 Å². The van der Waals surface area contributed by atoms with Crippen molar-refractivity contribution < 1.29 is 37.6 Å². The monoisotopic (exact) mass is 940 g/mol. The molecule has 0 aromatic rings. The number of carbonyl (C=O) groups is 2. The summed E-state index contributed by atoms with van der Waals surface area (Å²) in [6, 6.07) is 0. The van der Waals surface area contributed by atoms with Crippen LogP contribution in [0.25, 0.3) is 0 Å². The van der Waals surface area contributed by atoms with Gasteiger partial charge in [0.1, 0.15) is 6.61 Å². The molecule has 0 rings (SSSR count). The average Bonchev–Trinajstić information content (AvgIpc) is 3.30. The standard InChI is InChI=1S/C55H106NO8P/c1-3-5-7-9-11-13-15-17-19-21-23-25-26-28-30-32-34-36-38-40-42-44-46-48-55(58)64-53(52-63-65(59,60)62-50-49-56)51-61-54(57)47-45-43-41-39-37-35-33-31-29-27-24-22-20-18-16-14-12-10-8-6-4-2/h21-24,53H,3-20,25-52,56H2,1-2H3,(H,59,60)/b23-21-,24-22-. The van der Waals surface area contributed by atoms with Gasteiger partial charge in [0.05, 0.1) is 13.2 Å². The number of esters is 2. The lowest BCUT2D eigenvalue weighted by Gasteiger charge is -2.19. The molecule has 0 aliphatic rings. The van der Waals surface area contributed by atoms with Crippen LogP contribution in [-0.2, 0) is 32.7 Å². The van der Waals surface area contributed by atoms with Crippen LogP contribution in [0.5, 0.6) is 0 Å². The number of carbonyl (C=O) groups excluding carboxylic acids is 2. The highest BCUT2D eigenvalue weighted by Crippen LogP contribution is 2.43. The number of rotatable bonds is 53. The molecule has 0 aromatic heterocycles. The van der Waals surface area contributed by atoms with Crippen LogP contribution in [0.1, 0.15) is 284 Å². The minimum Gasteiger partial charge on any atom is -0.462 e. The van der Waals surface area contributed by atoms with Crippen LogP contribution >= 0.6 is 7.82 Å². The van der Waals surface area contributed by atoms with Crippen molar-refractivity contribution in [3.05, 3.63) is 24.3 Å². The predicted octanol–water partition coefficient (Wildman–Crippen LogP) is 17.1. The number of phosphoric ester groups is 1. The van der Waals surface area contributed by atoms with Gasteiger partial charge in [-0.3, -0.25) is 18.6 Å². The van der Waals surface area contributed by atoms with E-state index in [0.29, 0.717) is 6.42 Å². The van der Waals surface area contributed by atoms with E-state index in [1.165, 1.54) is 212 Å². The summed E-state index contributed by atoms with van der Waals surface area (Å²) in [6.07, 6.45) is 59.4. The zero-order valence-corrected chi connectivity index (χ0v) is 43.6. The lowest BCUT2D eigenvalue weighted by atomic mass is 10.0. The minimum atomic E-state index is -4.38. The first-order valence-electron chi connectivity index (χ1n) is 27.8. The highest BCUT2D eigenvalue weighted by atomic mass is 31.2. The van der Waals surface area contributed by atoms with Gasteiger partial charge in [0, 0.05) is 19.4 Å². The summed E-state index contributed by atoms with van der Waals surface area (Å²) in [7, 11) is -4.38. The molecular formula is C55H106NO8P. The number of phosphoric acid groups is 1. The van der Waals surface area contributed by atoms with Crippen molar-refractivity contribution in [1.82, 2.24) is 0 Å². The maximum absolute atomic E-state index is 12.7. The van der Waals surface area contributed by atoms with E-state index in [1.807, 2.05) is 0 Å². The van der Waals surface area contributed by atoms with Gasteiger partial charge in [0.2, 0.25) is 0 Å². The van der Waals surface area contributed by atoms with E-state index >= 15 is 0 Å². The third-order valence-corrected chi connectivity index (χ3v) is 13.3. The van der Waals surface area contributed by atoms with E-state index in [0.717, 1.165) is 38.5 Å². The molecule has 0 aromatic carbocycles. The molecular weight excluding hydrogens is 834 g/mol. The first kappa shape index (κ1) is 63.5. The predicted molar refractivity (Wildman–Crippen MR) is 275 cm³/mol. The van der Waals surface area contributed by atoms with Crippen LogP contribution in [0.3, 0.4) is 0 Å². The number of nitrogens with two attached hydrogens (primary N) is 1. The molecule has 9 nitrogen and oxygen atoms in total. The zero-order valence-electron chi connectivity index (χ0n) is 42.7. The Morgan fingerprint density at radius 2 is 0.754 bits per heavy atom. The Kier molecular flexibility index (Phi) is 50.7. The second kappa shape index (κ2) is 51.9. The Hall–Kier alpha value is -1.51. The molecule has 0 radical (unpaired) electrons.